The number of aromatic nitrogens is 1. The van der Waals surface area contributed by atoms with E-state index in [4.69, 9.17) is 11.6 Å². The van der Waals surface area contributed by atoms with Crippen LogP contribution < -0.4 is 10.0 Å². The van der Waals surface area contributed by atoms with Gasteiger partial charge in [0.1, 0.15) is 4.34 Å². The number of nitrogens with zero attached hydrogens (tertiary/aromatic N) is 1. The van der Waals surface area contributed by atoms with Gasteiger partial charge in [-0.05, 0) is 48.9 Å². The lowest BCUT2D eigenvalue weighted by atomic mass is 10.1. The lowest BCUT2D eigenvalue weighted by Crippen LogP contribution is -2.26. The topological polar surface area (TPSA) is 88.2 Å². The van der Waals surface area contributed by atoms with Gasteiger partial charge in [0.15, 0.2) is 5.13 Å². The Morgan fingerprint density at radius 3 is 2.23 bits per heavy atom. The van der Waals surface area contributed by atoms with Gasteiger partial charge in [0.25, 0.3) is 15.9 Å². The van der Waals surface area contributed by atoms with Gasteiger partial charge in [-0.15, -0.1) is 0 Å². The molecule has 1 heterocycles. The fourth-order valence-electron chi connectivity index (χ4n) is 2.59. The molecule has 0 radical (unpaired) electrons. The fourth-order valence-corrected chi connectivity index (χ4v) is 4.64. The van der Waals surface area contributed by atoms with Gasteiger partial charge in [-0.1, -0.05) is 35.1 Å². The Morgan fingerprint density at radius 1 is 1.10 bits per heavy atom. The second kappa shape index (κ2) is 8.85. The lowest BCUT2D eigenvalue weighted by Gasteiger charge is -2.16. The Balaban J connectivity index is 1.67. The lowest BCUT2D eigenvalue weighted by molar-refractivity contribution is -0.137. The molecule has 0 saturated carbocycles. The quantitative estimate of drug-likeness (QED) is 0.504. The second-order valence-corrected chi connectivity index (χ2v) is 9.76. The Morgan fingerprint density at radius 2 is 1.71 bits per heavy atom. The minimum Gasteiger partial charge on any atom is -0.346 e. The average Bonchev–Trinajstić information content (AvgIpc) is 3.11. The van der Waals surface area contributed by atoms with Gasteiger partial charge < -0.3 is 5.32 Å². The van der Waals surface area contributed by atoms with Crippen molar-refractivity contribution in [3.05, 3.63) is 75.8 Å². The Hall–Kier alpha value is -2.63. The van der Waals surface area contributed by atoms with E-state index in [0.29, 0.717) is 9.90 Å². The van der Waals surface area contributed by atoms with Gasteiger partial charge in [0, 0.05) is 5.56 Å². The molecular weight excluding hydrogens is 475 g/mol. The largest absolute Gasteiger partial charge is 0.416 e. The standard InChI is InChI=1S/C19H15ClF3N3O3S2/c1-11(12-2-6-14(7-3-12)19(21,22)23)25-17(27)13-4-8-15(9-5-13)31(28,29)26-18-24-10-16(20)30-18/h2-11H,1H3,(H,24,26)(H,25,27). The molecule has 1 atom stereocenters. The first-order chi connectivity index (χ1) is 14.5. The Bertz CT molecular complexity index is 1180. The maximum Gasteiger partial charge on any atom is 0.416 e. The van der Waals surface area contributed by atoms with Crippen LogP contribution in [0.1, 0.15) is 34.5 Å². The zero-order chi connectivity index (χ0) is 22.8. The maximum absolute atomic E-state index is 12.7. The summed E-state index contributed by atoms with van der Waals surface area (Å²) in [5.74, 6) is -0.504. The molecule has 1 amide bonds. The zero-order valence-corrected chi connectivity index (χ0v) is 18.2. The molecule has 164 valence electrons. The number of halogens is 4. The Kier molecular flexibility index (Phi) is 6.58. The number of alkyl halides is 3. The van der Waals surface area contributed by atoms with Crippen LogP contribution >= 0.6 is 22.9 Å². The van der Waals surface area contributed by atoms with Gasteiger partial charge in [-0.2, -0.15) is 13.2 Å². The summed E-state index contributed by atoms with van der Waals surface area (Å²) in [7, 11) is -3.91. The highest BCUT2D eigenvalue weighted by Gasteiger charge is 2.30. The summed E-state index contributed by atoms with van der Waals surface area (Å²) >= 11 is 6.69. The smallest absolute Gasteiger partial charge is 0.346 e. The minimum atomic E-state index is -4.44. The number of carbonyl (C=O) groups excluding carboxylic acids is 1. The highest BCUT2D eigenvalue weighted by atomic mass is 35.5. The van der Waals surface area contributed by atoms with Crippen LogP contribution in [0.25, 0.3) is 0 Å². The normalized spacial score (nSPS) is 12.9. The summed E-state index contributed by atoms with van der Waals surface area (Å²) in [6.45, 7) is 1.63. The molecule has 1 aromatic heterocycles. The molecule has 0 aliphatic rings. The summed E-state index contributed by atoms with van der Waals surface area (Å²) in [6, 6.07) is 9.09. The molecule has 0 saturated heterocycles. The number of hydrogen-bond donors (Lipinski definition) is 2. The summed E-state index contributed by atoms with van der Waals surface area (Å²) in [4.78, 5) is 16.2. The van der Waals surface area contributed by atoms with Gasteiger partial charge >= 0.3 is 6.18 Å². The van der Waals surface area contributed by atoms with Crippen LogP contribution in [0.2, 0.25) is 4.34 Å². The number of amides is 1. The van der Waals surface area contributed by atoms with E-state index in [-0.39, 0.29) is 15.6 Å². The highest BCUT2D eigenvalue weighted by molar-refractivity contribution is 7.93. The SMILES string of the molecule is CC(NC(=O)c1ccc(S(=O)(=O)Nc2ncc(Cl)s2)cc1)c1ccc(C(F)(F)F)cc1. The fraction of sp³-hybridized carbons (Fsp3) is 0.158. The van der Waals surface area contributed by atoms with Crippen molar-refractivity contribution in [2.45, 2.75) is 24.0 Å². The number of rotatable bonds is 6. The zero-order valence-electron chi connectivity index (χ0n) is 15.8. The van der Waals surface area contributed by atoms with Crippen molar-refractivity contribution in [3.8, 4) is 0 Å². The molecule has 0 bridgehead atoms. The number of thiazole rings is 1. The van der Waals surface area contributed by atoms with Crippen molar-refractivity contribution in [2.75, 3.05) is 4.72 Å². The van der Waals surface area contributed by atoms with Crippen LogP contribution in [0.4, 0.5) is 18.3 Å². The predicted octanol–water partition coefficient (Wildman–Crippen LogP) is 5.11. The minimum absolute atomic E-state index is 0.0776. The number of sulfonamides is 1. The third-order valence-electron chi connectivity index (χ3n) is 4.21. The number of hydrogen-bond acceptors (Lipinski definition) is 5. The maximum atomic E-state index is 12.7. The van der Waals surface area contributed by atoms with Crippen molar-refractivity contribution in [3.63, 3.8) is 0 Å². The van der Waals surface area contributed by atoms with Crippen LogP contribution in [-0.4, -0.2) is 19.3 Å². The van der Waals surface area contributed by atoms with Crippen molar-refractivity contribution >= 4 is 44.0 Å². The first-order valence-electron chi connectivity index (χ1n) is 8.68. The number of benzene rings is 2. The first-order valence-corrected chi connectivity index (χ1v) is 11.4. The molecule has 31 heavy (non-hydrogen) atoms. The summed E-state index contributed by atoms with van der Waals surface area (Å²) in [6.07, 6.45) is -3.12. The van der Waals surface area contributed by atoms with E-state index >= 15 is 0 Å². The van der Waals surface area contributed by atoms with E-state index in [2.05, 4.69) is 15.0 Å². The van der Waals surface area contributed by atoms with Crippen molar-refractivity contribution in [1.82, 2.24) is 10.3 Å². The van der Waals surface area contributed by atoms with Gasteiger partial charge in [0.05, 0.1) is 22.7 Å². The van der Waals surface area contributed by atoms with Crippen molar-refractivity contribution < 1.29 is 26.4 Å². The first kappa shape index (κ1) is 23.0. The van der Waals surface area contributed by atoms with E-state index in [1.807, 2.05) is 0 Å². The van der Waals surface area contributed by atoms with Crippen molar-refractivity contribution in [2.24, 2.45) is 0 Å². The van der Waals surface area contributed by atoms with Crippen LogP contribution in [0.5, 0.6) is 0 Å². The molecule has 12 heteroatoms. The number of anilines is 1. The van der Waals surface area contributed by atoms with Gasteiger partial charge in [0.2, 0.25) is 0 Å². The molecule has 2 N–H and O–H groups in total. The summed E-state index contributed by atoms with van der Waals surface area (Å²) in [5.41, 5.74) is -0.0953. The van der Waals surface area contributed by atoms with Crippen molar-refractivity contribution in [1.29, 1.82) is 0 Å². The van der Waals surface area contributed by atoms with E-state index in [1.165, 1.54) is 42.6 Å². The molecule has 6 nitrogen and oxygen atoms in total. The van der Waals surface area contributed by atoms with Crippen LogP contribution in [0.15, 0.2) is 59.6 Å². The molecule has 0 spiro atoms. The summed E-state index contributed by atoms with van der Waals surface area (Å²) in [5, 5.41) is 2.77. The van der Waals surface area contributed by atoms with Crippen LogP contribution in [-0.2, 0) is 16.2 Å². The second-order valence-electron chi connectivity index (χ2n) is 6.41. The van der Waals surface area contributed by atoms with E-state index in [9.17, 15) is 26.4 Å². The van der Waals surface area contributed by atoms with Gasteiger partial charge in [-0.3, -0.25) is 9.52 Å². The Labute approximate surface area is 185 Å². The van der Waals surface area contributed by atoms with E-state index < -0.39 is 33.7 Å². The molecular formula is C19H15ClF3N3O3S2. The number of nitrogens with one attached hydrogen (secondary N) is 2. The third kappa shape index (κ3) is 5.75. The van der Waals surface area contributed by atoms with Gasteiger partial charge in [-0.25, -0.2) is 13.4 Å². The number of carbonyl (C=O) groups is 1. The highest BCUT2D eigenvalue weighted by Crippen LogP contribution is 2.30. The molecule has 2 aromatic carbocycles. The van der Waals surface area contributed by atoms with Crippen LogP contribution in [0.3, 0.4) is 0 Å². The molecule has 0 aliphatic heterocycles. The third-order valence-corrected chi connectivity index (χ3v) is 6.73. The van der Waals surface area contributed by atoms with E-state index in [0.717, 1.165) is 23.5 Å². The molecule has 1 unspecified atom stereocenters. The predicted molar refractivity (Wildman–Crippen MR) is 112 cm³/mol. The summed E-state index contributed by atoms with van der Waals surface area (Å²) < 4.78 is 65.4. The monoisotopic (exact) mass is 489 g/mol. The molecule has 0 aliphatic carbocycles. The molecule has 3 aromatic rings. The molecule has 0 fully saturated rings. The molecule has 3 rings (SSSR count). The van der Waals surface area contributed by atoms with Crippen LogP contribution in [0, 0.1) is 0 Å². The van der Waals surface area contributed by atoms with E-state index in [1.54, 1.807) is 6.92 Å². The average molecular weight is 490 g/mol.